The smallest absolute Gasteiger partial charge is 0.357 e. The molecule has 8 heteroatoms. The third-order valence-corrected chi connectivity index (χ3v) is 5.35. The van der Waals surface area contributed by atoms with Crippen LogP contribution in [0.3, 0.4) is 0 Å². The van der Waals surface area contributed by atoms with E-state index < -0.39 is 11.4 Å². The molecule has 1 saturated heterocycles. The number of piperidine rings is 1. The second-order valence-electron chi connectivity index (χ2n) is 6.39. The van der Waals surface area contributed by atoms with Crippen molar-refractivity contribution in [2.24, 2.45) is 0 Å². The van der Waals surface area contributed by atoms with E-state index in [0.717, 1.165) is 30.6 Å². The Morgan fingerprint density at radius 2 is 2.12 bits per heavy atom. The highest BCUT2D eigenvalue weighted by molar-refractivity contribution is 6.33. The molecule has 7 nitrogen and oxygen atoms in total. The summed E-state index contributed by atoms with van der Waals surface area (Å²) in [7, 11) is 1.73. The number of aromatic nitrogens is 1. The van der Waals surface area contributed by atoms with Crippen LogP contribution >= 0.6 is 11.6 Å². The number of anilines is 1. The molecular formula is C17H16ClN3O4. The monoisotopic (exact) mass is 361 g/mol. The summed E-state index contributed by atoms with van der Waals surface area (Å²) in [6.45, 7) is 1.53. The van der Waals surface area contributed by atoms with Gasteiger partial charge in [0.2, 0.25) is 11.8 Å². The second kappa shape index (κ2) is 5.57. The van der Waals surface area contributed by atoms with Gasteiger partial charge in [-0.1, -0.05) is 11.6 Å². The number of carbonyl (C=O) groups excluding carboxylic acids is 1. The van der Waals surface area contributed by atoms with Crippen LogP contribution in [0.25, 0.3) is 11.5 Å². The molecule has 1 amide bonds. The van der Waals surface area contributed by atoms with E-state index >= 15 is 0 Å². The van der Waals surface area contributed by atoms with Gasteiger partial charge in [0.05, 0.1) is 5.41 Å². The van der Waals surface area contributed by atoms with E-state index in [0.29, 0.717) is 23.4 Å². The minimum atomic E-state index is -1.16. The number of likely N-dealkylation sites (N-methyl/N-ethyl adjacent to an activating group) is 1. The normalized spacial score (nSPS) is 18.6. The molecule has 1 spiro atoms. The SMILES string of the molecule is CN1C(=O)C2(CCNCC2)c2c(Cl)cc(-c3nc(C(=O)O)co3)cc21. The number of carboxylic acids is 1. The Hall–Kier alpha value is -2.38. The number of oxazole rings is 1. The first-order valence-electron chi connectivity index (χ1n) is 7.96. The first-order chi connectivity index (χ1) is 11.9. The van der Waals surface area contributed by atoms with Crippen molar-refractivity contribution in [3.05, 3.63) is 34.7 Å². The number of carboxylic acid groups (broad SMARTS) is 1. The fourth-order valence-electron chi connectivity index (χ4n) is 3.81. The largest absolute Gasteiger partial charge is 0.476 e. The van der Waals surface area contributed by atoms with Crippen LogP contribution in [0.5, 0.6) is 0 Å². The van der Waals surface area contributed by atoms with Gasteiger partial charge in [-0.2, -0.15) is 0 Å². The Labute approximate surface area is 148 Å². The maximum absolute atomic E-state index is 13.0. The minimum absolute atomic E-state index is 0.0432. The zero-order valence-electron chi connectivity index (χ0n) is 13.5. The molecule has 2 aromatic rings. The molecule has 2 N–H and O–H groups in total. The van der Waals surface area contributed by atoms with Gasteiger partial charge in [-0.15, -0.1) is 0 Å². The van der Waals surface area contributed by atoms with Gasteiger partial charge >= 0.3 is 5.97 Å². The summed E-state index contributed by atoms with van der Waals surface area (Å²) >= 11 is 6.56. The minimum Gasteiger partial charge on any atom is -0.476 e. The van der Waals surface area contributed by atoms with Crippen LogP contribution in [0.1, 0.15) is 28.9 Å². The standard InChI is InChI=1S/C17H16ClN3O4/c1-21-12-7-9(14-20-11(8-25-14)15(22)23)6-10(18)13(12)17(16(21)24)2-4-19-5-3-17/h6-8,19H,2-5H2,1H3,(H,22,23). The maximum Gasteiger partial charge on any atom is 0.357 e. The molecule has 2 aliphatic heterocycles. The third-order valence-electron chi connectivity index (χ3n) is 5.05. The molecule has 25 heavy (non-hydrogen) atoms. The van der Waals surface area contributed by atoms with Crippen LogP contribution in [0.4, 0.5) is 5.69 Å². The molecule has 0 bridgehead atoms. The number of nitrogens with zero attached hydrogens (tertiary/aromatic N) is 2. The molecule has 130 valence electrons. The second-order valence-corrected chi connectivity index (χ2v) is 6.80. The number of hydrogen-bond acceptors (Lipinski definition) is 5. The lowest BCUT2D eigenvalue weighted by Gasteiger charge is -2.33. The van der Waals surface area contributed by atoms with E-state index in [9.17, 15) is 9.59 Å². The first kappa shape index (κ1) is 16.1. The molecule has 3 heterocycles. The molecule has 1 aromatic heterocycles. The van der Waals surface area contributed by atoms with Gasteiger partial charge < -0.3 is 19.7 Å². The zero-order valence-corrected chi connectivity index (χ0v) is 14.3. The van der Waals surface area contributed by atoms with Crippen molar-refractivity contribution in [2.75, 3.05) is 25.0 Å². The third kappa shape index (κ3) is 2.26. The molecule has 1 aromatic carbocycles. The highest BCUT2D eigenvalue weighted by atomic mass is 35.5. The van der Waals surface area contributed by atoms with E-state index in [4.69, 9.17) is 21.1 Å². The number of rotatable bonds is 2. The van der Waals surface area contributed by atoms with Gasteiger partial charge in [0, 0.05) is 28.9 Å². The molecule has 2 aliphatic rings. The number of benzene rings is 1. The van der Waals surface area contributed by atoms with Crippen molar-refractivity contribution in [3.8, 4) is 11.5 Å². The molecule has 0 aliphatic carbocycles. The molecule has 4 rings (SSSR count). The average Bonchev–Trinajstić information content (AvgIpc) is 3.16. The summed E-state index contributed by atoms with van der Waals surface area (Å²) in [5, 5.41) is 12.7. The van der Waals surface area contributed by atoms with Crippen molar-refractivity contribution >= 4 is 29.2 Å². The maximum atomic E-state index is 13.0. The van der Waals surface area contributed by atoms with Crippen LogP contribution in [0.2, 0.25) is 5.02 Å². The van der Waals surface area contributed by atoms with Gasteiger partial charge in [0.25, 0.3) is 0 Å². The van der Waals surface area contributed by atoms with Crippen LogP contribution in [0.15, 0.2) is 22.8 Å². The fourth-order valence-corrected chi connectivity index (χ4v) is 4.21. The molecule has 0 radical (unpaired) electrons. The van der Waals surface area contributed by atoms with Gasteiger partial charge in [-0.05, 0) is 38.1 Å². The van der Waals surface area contributed by atoms with Crippen molar-refractivity contribution in [3.63, 3.8) is 0 Å². The molecular weight excluding hydrogens is 346 g/mol. The number of amides is 1. The van der Waals surface area contributed by atoms with E-state index in [2.05, 4.69) is 10.3 Å². The van der Waals surface area contributed by atoms with Crippen LogP contribution in [-0.2, 0) is 10.2 Å². The summed E-state index contributed by atoms with van der Waals surface area (Å²) in [6, 6.07) is 3.47. The highest BCUT2D eigenvalue weighted by Gasteiger charge is 2.51. The Kier molecular flexibility index (Phi) is 3.59. The van der Waals surface area contributed by atoms with Crippen LogP contribution in [0, 0.1) is 0 Å². The lowest BCUT2D eigenvalue weighted by molar-refractivity contribution is -0.123. The Balaban J connectivity index is 1.85. The topological polar surface area (TPSA) is 95.7 Å². The fraction of sp³-hybridized carbons (Fsp3) is 0.353. The lowest BCUT2D eigenvalue weighted by Crippen LogP contribution is -2.46. The Morgan fingerprint density at radius 3 is 2.76 bits per heavy atom. The molecule has 0 saturated carbocycles. The van der Waals surface area contributed by atoms with Crippen molar-refractivity contribution in [2.45, 2.75) is 18.3 Å². The summed E-state index contributed by atoms with van der Waals surface area (Å²) in [4.78, 5) is 29.5. The summed E-state index contributed by atoms with van der Waals surface area (Å²) in [5.41, 5.74) is 1.35. The van der Waals surface area contributed by atoms with E-state index in [1.165, 1.54) is 0 Å². The Bertz CT molecular complexity index is 886. The van der Waals surface area contributed by atoms with Gasteiger partial charge in [0.1, 0.15) is 6.26 Å². The van der Waals surface area contributed by atoms with E-state index in [1.807, 2.05) is 0 Å². The number of carbonyl (C=O) groups is 2. The summed E-state index contributed by atoms with van der Waals surface area (Å²) in [5.74, 6) is -0.959. The zero-order chi connectivity index (χ0) is 17.8. The summed E-state index contributed by atoms with van der Waals surface area (Å²) < 4.78 is 5.26. The number of aromatic carboxylic acids is 1. The molecule has 1 fully saturated rings. The van der Waals surface area contributed by atoms with Crippen molar-refractivity contribution < 1.29 is 19.1 Å². The molecule has 0 atom stereocenters. The van der Waals surface area contributed by atoms with Gasteiger partial charge in [-0.3, -0.25) is 4.79 Å². The first-order valence-corrected chi connectivity index (χ1v) is 8.34. The van der Waals surface area contributed by atoms with Gasteiger partial charge in [0.15, 0.2) is 5.69 Å². The van der Waals surface area contributed by atoms with Gasteiger partial charge in [-0.25, -0.2) is 9.78 Å². The van der Waals surface area contributed by atoms with E-state index in [-0.39, 0.29) is 17.5 Å². The highest BCUT2D eigenvalue weighted by Crippen LogP contribution is 2.50. The number of halogens is 1. The quantitative estimate of drug-likeness (QED) is 0.852. The number of nitrogens with one attached hydrogen (secondary N) is 1. The van der Waals surface area contributed by atoms with Crippen molar-refractivity contribution in [1.29, 1.82) is 0 Å². The van der Waals surface area contributed by atoms with Crippen LogP contribution in [-0.4, -0.2) is 42.1 Å². The number of hydrogen-bond donors (Lipinski definition) is 2. The number of fused-ring (bicyclic) bond motifs is 2. The van der Waals surface area contributed by atoms with Crippen LogP contribution < -0.4 is 10.2 Å². The predicted molar refractivity (Wildman–Crippen MR) is 91.1 cm³/mol. The summed E-state index contributed by atoms with van der Waals surface area (Å²) in [6.07, 6.45) is 2.48. The molecule has 0 unspecified atom stereocenters. The van der Waals surface area contributed by atoms with E-state index in [1.54, 1.807) is 24.1 Å². The van der Waals surface area contributed by atoms with Crippen molar-refractivity contribution in [1.82, 2.24) is 10.3 Å². The predicted octanol–water partition coefficient (Wildman–Crippen LogP) is 2.29. The average molecular weight is 362 g/mol. The Morgan fingerprint density at radius 1 is 1.40 bits per heavy atom. The lowest BCUT2D eigenvalue weighted by atomic mass is 9.74.